The van der Waals surface area contributed by atoms with Crippen LogP contribution in [-0.4, -0.2) is 46.7 Å². The molecule has 2 saturated heterocycles. The first-order valence-corrected chi connectivity index (χ1v) is 10.5. The van der Waals surface area contributed by atoms with Gasteiger partial charge in [0.25, 0.3) is 0 Å². The summed E-state index contributed by atoms with van der Waals surface area (Å²) in [6, 6.07) is 11.7. The molecule has 2 fully saturated rings. The van der Waals surface area contributed by atoms with Crippen molar-refractivity contribution in [1.82, 2.24) is 10.2 Å². The van der Waals surface area contributed by atoms with Crippen LogP contribution in [0.2, 0.25) is 0 Å². The third kappa shape index (κ3) is 2.37. The van der Waals surface area contributed by atoms with Gasteiger partial charge in [0.1, 0.15) is 5.54 Å². The second-order valence-electron chi connectivity index (χ2n) is 8.67. The van der Waals surface area contributed by atoms with E-state index in [-0.39, 0.29) is 19.2 Å². The van der Waals surface area contributed by atoms with Gasteiger partial charge in [0, 0.05) is 17.3 Å². The highest BCUT2D eigenvalue weighted by atomic mass is 16.7. The average molecular weight is 435 g/mol. The van der Waals surface area contributed by atoms with E-state index in [1.807, 2.05) is 0 Å². The maximum Gasteiger partial charge on any atom is 0.250 e. The van der Waals surface area contributed by atoms with E-state index >= 15 is 0 Å². The molecule has 9 heteroatoms. The normalized spacial score (nSPS) is 30.6. The lowest BCUT2D eigenvalue weighted by molar-refractivity contribution is -0.143. The van der Waals surface area contributed by atoms with Gasteiger partial charge in [-0.2, -0.15) is 0 Å². The summed E-state index contributed by atoms with van der Waals surface area (Å²) in [7, 11) is 0. The zero-order valence-electron chi connectivity index (χ0n) is 17.2. The SMILES string of the molecule is CC(O)C1NC2(C(=O)Nc3ccccc32)C2C(=O)N(Cc3ccc4c(c3)OCO4)C(=O)C12. The van der Waals surface area contributed by atoms with E-state index in [1.54, 1.807) is 49.4 Å². The second kappa shape index (κ2) is 6.54. The smallest absolute Gasteiger partial charge is 0.250 e. The topological polar surface area (TPSA) is 117 Å². The van der Waals surface area contributed by atoms with Crippen LogP contribution in [0.15, 0.2) is 42.5 Å². The molecule has 0 aromatic heterocycles. The van der Waals surface area contributed by atoms with Gasteiger partial charge in [-0.25, -0.2) is 0 Å². The Morgan fingerprint density at radius 2 is 1.91 bits per heavy atom. The van der Waals surface area contributed by atoms with Gasteiger partial charge in [-0.3, -0.25) is 24.6 Å². The van der Waals surface area contributed by atoms with E-state index < -0.39 is 41.3 Å². The Morgan fingerprint density at radius 1 is 1.12 bits per heavy atom. The number of anilines is 1. The van der Waals surface area contributed by atoms with Crippen LogP contribution >= 0.6 is 0 Å². The summed E-state index contributed by atoms with van der Waals surface area (Å²) in [5.41, 5.74) is 0.528. The molecule has 3 N–H and O–H groups in total. The van der Waals surface area contributed by atoms with Gasteiger partial charge in [-0.05, 0) is 30.7 Å². The molecule has 3 amide bonds. The fourth-order valence-corrected chi connectivity index (χ4v) is 5.54. The van der Waals surface area contributed by atoms with Crippen LogP contribution in [0.3, 0.4) is 0 Å². The lowest BCUT2D eigenvalue weighted by Crippen LogP contribution is -2.54. The Balaban J connectivity index is 1.41. The molecule has 9 nitrogen and oxygen atoms in total. The molecule has 4 heterocycles. The van der Waals surface area contributed by atoms with Crippen molar-refractivity contribution >= 4 is 23.4 Å². The number of aliphatic hydroxyl groups is 1. The molecule has 4 aliphatic heterocycles. The molecule has 0 aliphatic carbocycles. The monoisotopic (exact) mass is 435 g/mol. The van der Waals surface area contributed by atoms with Crippen LogP contribution in [0.4, 0.5) is 5.69 Å². The zero-order valence-corrected chi connectivity index (χ0v) is 17.2. The van der Waals surface area contributed by atoms with Crippen molar-refractivity contribution in [3.63, 3.8) is 0 Å². The highest BCUT2D eigenvalue weighted by Gasteiger charge is 2.71. The van der Waals surface area contributed by atoms with Crippen molar-refractivity contribution in [3.05, 3.63) is 53.6 Å². The third-order valence-electron chi connectivity index (χ3n) is 6.95. The molecule has 0 saturated carbocycles. The molecular formula is C23H21N3O6. The fourth-order valence-electron chi connectivity index (χ4n) is 5.54. The lowest BCUT2D eigenvalue weighted by atomic mass is 9.76. The Labute approximate surface area is 183 Å². The summed E-state index contributed by atoms with van der Waals surface area (Å²) < 4.78 is 10.7. The number of nitrogens with zero attached hydrogens (tertiary/aromatic N) is 1. The zero-order chi connectivity index (χ0) is 22.2. The first-order valence-electron chi connectivity index (χ1n) is 10.5. The molecule has 6 rings (SSSR count). The van der Waals surface area contributed by atoms with E-state index in [0.717, 1.165) is 0 Å². The minimum atomic E-state index is -1.40. The van der Waals surface area contributed by atoms with Gasteiger partial charge >= 0.3 is 0 Å². The predicted molar refractivity (Wildman–Crippen MR) is 110 cm³/mol. The highest BCUT2D eigenvalue weighted by molar-refractivity contribution is 6.15. The average Bonchev–Trinajstić information content (AvgIpc) is 3.50. The Hall–Kier alpha value is -3.43. The molecule has 32 heavy (non-hydrogen) atoms. The summed E-state index contributed by atoms with van der Waals surface area (Å²) >= 11 is 0. The molecule has 4 aliphatic rings. The summed E-state index contributed by atoms with van der Waals surface area (Å²) in [5, 5.41) is 16.5. The van der Waals surface area contributed by atoms with Crippen LogP contribution < -0.4 is 20.1 Å². The number of para-hydroxylation sites is 1. The van der Waals surface area contributed by atoms with Crippen molar-refractivity contribution in [3.8, 4) is 11.5 Å². The van der Waals surface area contributed by atoms with Gasteiger partial charge in [0.05, 0.1) is 24.5 Å². The molecule has 2 aromatic carbocycles. The fraction of sp³-hybridized carbons (Fsp3) is 0.348. The summed E-state index contributed by atoms with van der Waals surface area (Å²) in [5.74, 6) is -1.85. The van der Waals surface area contributed by atoms with Gasteiger partial charge in [0.2, 0.25) is 24.5 Å². The standard InChI is InChI=1S/C23H21N3O6/c1-11(27)19-17-18(23(25-19)13-4-2-3-5-14(13)24-22(23)30)21(29)26(20(17)28)9-12-6-7-15-16(8-12)32-10-31-15/h2-8,11,17-19,25,27H,9-10H2,1H3,(H,24,30). The predicted octanol–water partition coefficient (Wildman–Crippen LogP) is 0.717. The molecule has 5 atom stereocenters. The van der Waals surface area contributed by atoms with Gasteiger partial charge in [0.15, 0.2) is 11.5 Å². The summed E-state index contributed by atoms with van der Waals surface area (Å²) in [6.07, 6.45) is -0.940. The van der Waals surface area contributed by atoms with E-state index in [4.69, 9.17) is 9.47 Å². The van der Waals surface area contributed by atoms with Gasteiger partial charge in [-0.15, -0.1) is 0 Å². The van der Waals surface area contributed by atoms with E-state index in [2.05, 4.69) is 10.6 Å². The number of carbonyl (C=O) groups is 3. The molecule has 5 unspecified atom stereocenters. The molecule has 1 spiro atoms. The minimum Gasteiger partial charge on any atom is -0.454 e. The molecule has 0 bridgehead atoms. The first-order chi connectivity index (χ1) is 15.4. The largest absolute Gasteiger partial charge is 0.454 e. The van der Waals surface area contributed by atoms with E-state index in [9.17, 15) is 19.5 Å². The maximum atomic E-state index is 13.7. The van der Waals surface area contributed by atoms with Gasteiger partial charge in [-0.1, -0.05) is 24.3 Å². The summed E-state index contributed by atoms with van der Waals surface area (Å²) in [6.45, 7) is 1.74. The lowest BCUT2D eigenvalue weighted by Gasteiger charge is -2.30. The Kier molecular flexibility index (Phi) is 3.94. The minimum absolute atomic E-state index is 0.0488. The Bertz CT molecular complexity index is 1180. The highest BCUT2D eigenvalue weighted by Crippen LogP contribution is 2.53. The number of fused-ring (bicyclic) bond motifs is 5. The number of benzene rings is 2. The van der Waals surface area contributed by atoms with Crippen LogP contribution in [-0.2, 0) is 26.5 Å². The quantitative estimate of drug-likeness (QED) is 0.608. The second-order valence-corrected chi connectivity index (χ2v) is 8.67. The van der Waals surface area contributed by atoms with Gasteiger partial charge < -0.3 is 19.9 Å². The van der Waals surface area contributed by atoms with Crippen LogP contribution in [0.5, 0.6) is 11.5 Å². The number of hydrogen-bond acceptors (Lipinski definition) is 7. The number of ether oxygens (including phenoxy) is 2. The number of imide groups is 1. The van der Waals surface area contributed by atoms with Crippen molar-refractivity contribution in [2.24, 2.45) is 11.8 Å². The van der Waals surface area contributed by atoms with Crippen LogP contribution in [0.25, 0.3) is 0 Å². The number of nitrogens with one attached hydrogen (secondary N) is 2. The molecule has 0 radical (unpaired) electrons. The van der Waals surface area contributed by atoms with Crippen molar-refractivity contribution < 1.29 is 29.0 Å². The third-order valence-corrected chi connectivity index (χ3v) is 6.95. The van der Waals surface area contributed by atoms with Crippen molar-refractivity contribution in [2.75, 3.05) is 12.1 Å². The number of likely N-dealkylation sites (tertiary alicyclic amines) is 1. The molecular weight excluding hydrogens is 414 g/mol. The molecule has 2 aromatic rings. The van der Waals surface area contributed by atoms with E-state index in [1.165, 1.54) is 4.90 Å². The number of amides is 3. The maximum absolute atomic E-state index is 13.7. The van der Waals surface area contributed by atoms with Crippen LogP contribution in [0.1, 0.15) is 18.1 Å². The number of carbonyl (C=O) groups excluding carboxylic acids is 3. The number of aliphatic hydroxyl groups excluding tert-OH is 1. The summed E-state index contributed by atoms with van der Waals surface area (Å²) in [4.78, 5) is 41.6. The van der Waals surface area contributed by atoms with Crippen molar-refractivity contribution in [2.45, 2.75) is 31.2 Å². The first kappa shape index (κ1) is 19.3. The van der Waals surface area contributed by atoms with Crippen molar-refractivity contribution in [1.29, 1.82) is 0 Å². The van der Waals surface area contributed by atoms with E-state index in [0.29, 0.717) is 28.3 Å². The molecule has 164 valence electrons. The number of rotatable bonds is 3. The van der Waals surface area contributed by atoms with Crippen LogP contribution in [0, 0.1) is 11.8 Å². The number of hydrogen-bond donors (Lipinski definition) is 3. The Morgan fingerprint density at radius 3 is 2.72 bits per heavy atom.